The van der Waals surface area contributed by atoms with E-state index in [0.717, 1.165) is 12.8 Å². The summed E-state index contributed by atoms with van der Waals surface area (Å²) in [6.45, 7) is 6.35. The number of hydrogen-bond acceptors (Lipinski definition) is 6. The fraction of sp³-hybridized carbons (Fsp3) is 0.800. The minimum atomic E-state index is -0.756. The number of carbonyl (C=O) groups excluding carboxylic acids is 1. The summed E-state index contributed by atoms with van der Waals surface area (Å²) < 4.78 is 16.2. The molecule has 1 saturated carbocycles. The third-order valence-corrected chi connectivity index (χ3v) is 4.09. The molecule has 1 aliphatic carbocycles. The molecule has 0 radical (unpaired) electrons. The van der Waals surface area contributed by atoms with E-state index in [1.54, 1.807) is 0 Å². The molecule has 0 spiro atoms. The van der Waals surface area contributed by atoms with Crippen LogP contribution >= 0.6 is 0 Å². The summed E-state index contributed by atoms with van der Waals surface area (Å²) in [5.41, 5.74) is -1.31. The first-order valence-corrected chi connectivity index (χ1v) is 7.81. The highest BCUT2D eigenvalue weighted by Crippen LogP contribution is 2.37. The fourth-order valence-electron chi connectivity index (χ4n) is 2.65. The summed E-state index contributed by atoms with van der Waals surface area (Å²) >= 11 is 0. The lowest BCUT2D eigenvalue weighted by molar-refractivity contribution is 0.0428. The maximum absolute atomic E-state index is 12.1. The number of nitrogens with zero attached hydrogens (tertiary/aromatic N) is 2. The molecule has 0 bridgehead atoms. The van der Waals surface area contributed by atoms with Crippen LogP contribution in [0.5, 0.6) is 0 Å². The predicted molar refractivity (Wildman–Crippen MR) is 77.4 cm³/mol. The van der Waals surface area contributed by atoms with Gasteiger partial charge in [-0.3, -0.25) is 0 Å². The summed E-state index contributed by atoms with van der Waals surface area (Å²) in [6.07, 6.45) is 3.49. The van der Waals surface area contributed by atoms with E-state index in [4.69, 9.17) is 14.0 Å². The second-order valence-corrected chi connectivity index (χ2v) is 7.10. The molecule has 3 rings (SSSR count). The molecule has 1 atom stereocenters. The van der Waals surface area contributed by atoms with E-state index in [-0.39, 0.29) is 0 Å². The molecule has 1 unspecified atom stereocenters. The molecule has 1 saturated heterocycles. The van der Waals surface area contributed by atoms with Crippen molar-refractivity contribution in [1.82, 2.24) is 15.5 Å². The quantitative estimate of drug-likeness (QED) is 0.923. The molecule has 1 aromatic rings. The second kappa shape index (κ2) is 5.53. The Morgan fingerprint density at radius 3 is 2.73 bits per heavy atom. The summed E-state index contributed by atoms with van der Waals surface area (Å²) in [4.78, 5) is 16.6. The van der Waals surface area contributed by atoms with Gasteiger partial charge in [-0.1, -0.05) is 11.6 Å². The highest BCUT2D eigenvalue weighted by atomic mass is 16.6. The van der Waals surface area contributed by atoms with Gasteiger partial charge in [0, 0.05) is 18.9 Å². The van der Waals surface area contributed by atoms with Gasteiger partial charge in [0.25, 0.3) is 0 Å². The van der Waals surface area contributed by atoms with Crippen LogP contribution in [0.25, 0.3) is 0 Å². The minimum Gasteiger partial charge on any atom is -0.444 e. The van der Waals surface area contributed by atoms with Crippen LogP contribution in [-0.4, -0.2) is 35.0 Å². The van der Waals surface area contributed by atoms with Crippen LogP contribution < -0.4 is 5.32 Å². The first kappa shape index (κ1) is 15.3. The lowest BCUT2D eigenvalue weighted by Gasteiger charge is -2.27. The molecule has 2 aliphatic rings. The Morgan fingerprint density at radius 2 is 2.18 bits per heavy atom. The Hall–Kier alpha value is -1.63. The van der Waals surface area contributed by atoms with Gasteiger partial charge >= 0.3 is 6.09 Å². The van der Waals surface area contributed by atoms with Gasteiger partial charge in [0.15, 0.2) is 5.82 Å². The molecule has 1 N–H and O–H groups in total. The van der Waals surface area contributed by atoms with E-state index in [1.165, 1.54) is 6.42 Å². The highest BCUT2D eigenvalue weighted by Gasteiger charge is 2.44. The average Bonchev–Trinajstić information content (AvgIpc) is 2.93. The summed E-state index contributed by atoms with van der Waals surface area (Å²) in [5.74, 6) is 1.51. The third-order valence-electron chi connectivity index (χ3n) is 4.09. The largest absolute Gasteiger partial charge is 0.444 e. The van der Waals surface area contributed by atoms with Gasteiger partial charge in [0.1, 0.15) is 11.1 Å². The number of amides is 1. The van der Waals surface area contributed by atoms with E-state index in [0.29, 0.717) is 37.3 Å². The normalized spacial score (nSPS) is 25.8. The van der Waals surface area contributed by atoms with Crippen molar-refractivity contribution in [1.29, 1.82) is 0 Å². The topological polar surface area (TPSA) is 86.5 Å². The Labute approximate surface area is 129 Å². The van der Waals surface area contributed by atoms with Crippen LogP contribution in [-0.2, 0) is 15.0 Å². The van der Waals surface area contributed by atoms with Crippen molar-refractivity contribution in [3.05, 3.63) is 11.7 Å². The van der Waals surface area contributed by atoms with Crippen molar-refractivity contribution in [2.45, 2.75) is 63.5 Å². The molecule has 7 nitrogen and oxygen atoms in total. The number of ether oxygens (including phenoxy) is 2. The van der Waals surface area contributed by atoms with E-state index in [2.05, 4.69) is 15.5 Å². The summed E-state index contributed by atoms with van der Waals surface area (Å²) in [5, 5.41) is 6.97. The van der Waals surface area contributed by atoms with Gasteiger partial charge in [-0.15, -0.1) is 0 Å². The molecule has 0 aromatic carbocycles. The van der Waals surface area contributed by atoms with E-state index in [1.807, 2.05) is 20.8 Å². The molecule has 2 heterocycles. The molecule has 22 heavy (non-hydrogen) atoms. The second-order valence-electron chi connectivity index (χ2n) is 7.10. The first-order valence-electron chi connectivity index (χ1n) is 7.81. The fourth-order valence-corrected chi connectivity index (χ4v) is 2.65. The first-order chi connectivity index (χ1) is 10.4. The van der Waals surface area contributed by atoms with Gasteiger partial charge in [-0.2, -0.15) is 4.98 Å². The molecule has 1 aromatic heterocycles. The zero-order valence-electron chi connectivity index (χ0n) is 13.3. The van der Waals surface area contributed by atoms with Gasteiger partial charge in [0.05, 0.1) is 6.61 Å². The Kier molecular flexibility index (Phi) is 3.84. The molecule has 1 aliphatic heterocycles. The highest BCUT2D eigenvalue weighted by molar-refractivity contribution is 5.69. The number of carbonyl (C=O) groups is 1. The molecule has 7 heteroatoms. The molecular weight excluding hydrogens is 286 g/mol. The van der Waals surface area contributed by atoms with Crippen LogP contribution in [0.3, 0.4) is 0 Å². The zero-order chi connectivity index (χ0) is 15.8. The van der Waals surface area contributed by atoms with Gasteiger partial charge in [-0.05, 0) is 33.6 Å². The van der Waals surface area contributed by atoms with Crippen molar-refractivity contribution in [2.75, 3.05) is 13.2 Å². The lowest BCUT2D eigenvalue weighted by Crippen LogP contribution is -2.49. The number of hydrogen-bond donors (Lipinski definition) is 1. The minimum absolute atomic E-state index is 0.329. The molecular formula is C15H23N3O4. The number of aromatic nitrogens is 2. The molecule has 122 valence electrons. The Balaban J connectivity index is 1.76. The van der Waals surface area contributed by atoms with Gasteiger partial charge < -0.3 is 19.3 Å². The van der Waals surface area contributed by atoms with Gasteiger partial charge in [0.2, 0.25) is 5.89 Å². The van der Waals surface area contributed by atoms with Crippen molar-refractivity contribution >= 4 is 6.09 Å². The SMILES string of the molecule is CC(C)(C)OC(=O)NC1(c2noc(C3CCC3)n2)CCOC1. The van der Waals surface area contributed by atoms with Crippen molar-refractivity contribution in [3.8, 4) is 0 Å². The maximum Gasteiger partial charge on any atom is 0.408 e. The molecule has 1 amide bonds. The van der Waals surface area contributed by atoms with E-state index in [9.17, 15) is 4.79 Å². The number of alkyl carbamates (subject to hydrolysis) is 1. The summed E-state index contributed by atoms with van der Waals surface area (Å²) in [7, 11) is 0. The van der Waals surface area contributed by atoms with Crippen molar-refractivity contribution in [2.24, 2.45) is 0 Å². The van der Waals surface area contributed by atoms with E-state index >= 15 is 0 Å². The molecule has 2 fully saturated rings. The van der Waals surface area contributed by atoms with Crippen LogP contribution in [0.2, 0.25) is 0 Å². The Morgan fingerprint density at radius 1 is 1.41 bits per heavy atom. The third kappa shape index (κ3) is 3.09. The van der Waals surface area contributed by atoms with Crippen LogP contribution in [0.4, 0.5) is 4.79 Å². The maximum atomic E-state index is 12.1. The zero-order valence-corrected chi connectivity index (χ0v) is 13.3. The van der Waals surface area contributed by atoms with Crippen molar-refractivity contribution in [3.63, 3.8) is 0 Å². The smallest absolute Gasteiger partial charge is 0.408 e. The number of nitrogens with one attached hydrogen (secondary N) is 1. The van der Waals surface area contributed by atoms with Crippen molar-refractivity contribution < 1.29 is 18.8 Å². The standard InChI is InChI=1S/C15H23N3O4/c1-14(2,3)21-13(19)17-15(7-8-20-9-15)12-16-11(22-18-12)10-5-4-6-10/h10H,4-9H2,1-3H3,(H,17,19). The lowest BCUT2D eigenvalue weighted by atomic mass is 9.85. The van der Waals surface area contributed by atoms with Crippen LogP contribution in [0.1, 0.15) is 64.1 Å². The number of rotatable bonds is 3. The van der Waals surface area contributed by atoms with Crippen LogP contribution in [0, 0.1) is 0 Å². The van der Waals surface area contributed by atoms with Gasteiger partial charge in [-0.25, -0.2) is 4.79 Å². The Bertz CT molecular complexity index is 539. The monoisotopic (exact) mass is 309 g/mol. The van der Waals surface area contributed by atoms with Crippen LogP contribution in [0.15, 0.2) is 4.52 Å². The average molecular weight is 309 g/mol. The predicted octanol–water partition coefficient (Wildman–Crippen LogP) is 2.48. The summed E-state index contributed by atoms with van der Waals surface area (Å²) in [6, 6.07) is 0. The van der Waals surface area contributed by atoms with E-state index < -0.39 is 17.2 Å².